The van der Waals surface area contributed by atoms with Gasteiger partial charge in [0.15, 0.2) is 16.5 Å². The Morgan fingerprint density at radius 1 is 1.60 bits per heavy atom. The average molecular weight is 190 g/mol. The molecule has 0 aromatic rings. The molecule has 62 valence electrons. The summed E-state index contributed by atoms with van der Waals surface area (Å²) in [6, 6.07) is 0. The number of phosphoric ester groups is 1. The van der Waals surface area contributed by atoms with Crippen molar-refractivity contribution in [2.45, 2.75) is 12.4 Å². The lowest BCUT2D eigenvalue weighted by Crippen LogP contribution is -2.12. The van der Waals surface area contributed by atoms with E-state index in [1.807, 2.05) is 0 Å². The molecule has 10 heavy (non-hydrogen) atoms. The first-order chi connectivity index (χ1) is 4.33. The molecule has 0 saturated heterocycles. The highest BCUT2D eigenvalue weighted by Gasteiger charge is 2.21. The molecule has 2 unspecified atom stereocenters. The molecule has 2 atom stereocenters. The van der Waals surface area contributed by atoms with E-state index < -0.39 is 24.3 Å². The quantitative estimate of drug-likeness (QED) is 0.415. The molecule has 3 N–H and O–H groups in total. The van der Waals surface area contributed by atoms with Gasteiger partial charge in [0.2, 0.25) is 0 Å². The smallest absolute Gasteiger partial charge is 0.304 e. The lowest BCUT2D eigenvalue weighted by Gasteiger charge is -2.08. The van der Waals surface area contributed by atoms with Crippen LogP contribution in [0.15, 0.2) is 0 Å². The molecular weight excluding hydrogens is 183 g/mol. The number of phosphoric acid groups is 1. The highest BCUT2D eigenvalue weighted by molar-refractivity contribution is 7.79. The summed E-state index contributed by atoms with van der Waals surface area (Å²) in [6.45, 7) is 1.08. The van der Waals surface area contributed by atoms with Gasteiger partial charge >= 0.3 is 7.82 Å². The Balaban J connectivity index is 3.93. The van der Waals surface area contributed by atoms with Crippen molar-refractivity contribution in [3.05, 3.63) is 0 Å². The molecule has 0 saturated carbocycles. The van der Waals surface area contributed by atoms with Gasteiger partial charge < -0.3 is 14.3 Å². The van der Waals surface area contributed by atoms with E-state index in [0.29, 0.717) is 0 Å². The Labute approximate surface area is 59.7 Å². The molecule has 0 aliphatic heterocycles. The zero-order valence-corrected chi connectivity index (χ0v) is 6.71. The third-order valence-electron chi connectivity index (χ3n) is 0.570. The number of hydrogen-bond acceptors (Lipinski definition) is 3. The van der Waals surface area contributed by atoms with Crippen LogP contribution in [0.4, 0.5) is 0 Å². The third kappa shape index (κ3) is 5.04. The van der Waals surface area contributed by atoms with Crippen LogP contribution in [-0.2, 0) is 20.2 Å². The van der Waals surface area contributed by atoms with Crippen LogP contribution in [0, 0.1) is 0 Å². The maximum absolute atomic E-state index is 10.0. The second kappa shape index (κ2) is 3.56. The van der Waals surface area contributed by atoms with Gasteiger partial charge in [-0.25, -0.2) is 8.77 Å². The summed E-state index contributed by atoms with van der Waals surface area (Å²) >= 11 is -2.37. The summed E-state index contributed by atoms with van der Waals surface area (Å²) in [5, 5.41) is 0. The van der Waals surface area contributed by atoms with Crippen molar-refractivity contribution < 1.29 is 27.6 Å². The van der Waals surface area contributed by atoms with E-state index in [1.165, 1.54) is 0 Å². The van der Waals surface area contributed by atoms with Crippen molar-refractivity contribution in [2.24, 2.45) is 0 Å². The summed E-state index contributed by atoms with van der Waals surface area (Å²) in [6.07, 6.45) is 0. The molecule has 0 rings (SSSR count). The highest BCUT2D eigenvalue weighted by atomic mass is 32.2. The second-order valence-corrected chi connectivity index (χ2v) is 3.85. The molecule has 0 heterocycles. The zero-order chi connectivity index (χ0) is 8.36. The standard InChI is InChI=1S/C2H7O6PS/c1-2(10(6)7)8-9(3,4)5/h2H,1H3,(H,6,7)(H2,3,4,5). The first kappa shape index (κ1) is 10.2. The van der Waals surface area contributed by atoms with E-state index in [1.54, 1.807) is 0 Å². The minimum atomic E-state index is -4.63. The fourth-order valence-electron chi connectivity index (χ4n) is 0.230. The molecule has 0 amide bonds. The van der Waals surface area contributed by atoms with Crippen molar-refractivity contribution >= 4 is 18.9 Å². The molecule has 0 aromatic carbocycles. The van der Waals surface area contributed by atoms with Gasteiger partial charge in [0, 0.05) is 0 Å². The Kier molecular flexibility index (Phi) is 3.64. The molecule has 0 aliphatic carbocycles. The van der Waals surface area contributed by atoms with Crippen molar-refractivity contribution in [3.63, 3.8) is 0 Å². The highest BCUT2D eigenvalue weighted by Crippen LogP contribution is 2.37. The van der Waals surface area contributed by atoms with E-state index in [0.717, 1.165) is 6.92 Å². The molecule has 0 aliphatic rings. The zero-order valence-electron chi connectivity index (χ0n) is 5.00. The number of rotatable bonds is 3. The topological polar surface area (TPSA) is 104 Å². The van der Waals surface area contributed by atoms with Crippen LogP contribution in [0.2, 0.25) is 0 Å². The van der Waals surface area contributed by atoms with Gasteiger partial charge in [0.05, 0.1) is 0 Å². The van der Waals surface area contributed by atoms with Gasteiger partial charge in [-0.2, -0.15) is 0 Å². The fourth-order valence-corrected chi connectivity index (χ4v) is 1.25. The van der Waals surface area contributed by atoms with Crippen molar-refractivity contribution in [3.8, 4) is 0 Å². The lowest BCUT2D eigenvalue weighted by molar-refractivity contribution is 0.183. The Morgan fingerprint density at radius 3 is 2.10 bits per heavy atom. The Bertz CT molecular complexity index is 173. The summed E-state index contributed by atoms with van der Waals surface area (Å²) in [5.41, 5.74) is -1.37. The van der Waals surface area contributed by atoms with Crippen LogP contribution < -0.4 is 0 Å². The summed E-state index contributed by atoms with van der Waals surface area (Å²) in [5.74, 6) is 0. The van der Waals surface area contributed by atoms with E-state index >= 15 is 0 Å². The Morgan fingerprint density at radius 2 is 2.00 bits per heavy atom. The third-order valence-corrected chi connectivity index (χ3v) is 1.97. The van der Waals surface area contributed by atoms with Crippen LogP contribution in [0.25, 0.3) is 0 Å². The molecule has 0 aromatic heterocycles. The SMILES string of the molecule is CC(OP(=O)(O)O)S(=O)O. The van der Waals surface area contributed by atoms with Crippen molar-refractivity contribution in [2.75, 3.05) is 0 Å². The first-order valence-corrected chi connectivity index (χ1v) is 4.86. The van der Waals surface area contributed by atoms with Crippen molar-refractivity contribution in [1.29, 1.82) is 0 Å². The largest absolute Gasteiger partial charge is 0.470 e. The summed E-state index contributed by atoms with van der Waals surface area (Å²) in [4.78, 5) is 16.2. The van der Waals surface area contributed by atoms with Crippen LogP contribution >= 0.6 is 7.82 Å². The predicted molar refractivity (Wildman–Crippen MR) is 33.4 cm³/mol. The van der Waals surface area contributed by atoms with Gasteiger partial charge in [-0.3, -0.25) is 4.52 Å². The average Bonchev–Trinajstić information content (AvgIpc) is 1.60. The number of hydrogen-bond donors (Lipinski definition) is 3. The van der Waals surface area contributed by atoms with E-state index in [4.69, 9.17) is 14.3 Å². The maximum Gasteiger partial charge on any atom is 0.470 e. The minimum absolute atomic E-state index is 1.08. The molecule has 0 fully saturated rings. The second-order valence-electron chi connectivity index (χ2n) is 1.44. The molecular formula is C2H7O6PS. The van der Waals surface area contributed by atoms with Crippen molar-refractivity contribution in [1.82, 2.24) is 0 Å². The van der Waals surface area contributed by atoms with Crippen LogP contribution in [0.5, 0.6) is 0 Å². The monoisotopic (exact) mass is 190 g/mol. The van der Waals surface area contributed by atoms with E-state index in [9.17, 15) is 8.77 Å². The van der Waals surface area contributed by atoms with Gasteiger partial charge in [-0.1, -0.05) is 0 Å². The minimum Gasteiger partial charge on any atom is -0.304 e. The first-order valence-electron chi connectivity index (χ1n) is 2.16. The fraction of sp³-hybridized carbons (Fsp3) is 1.00. The predicted octanol–water partition coefficient (Wildman–Crippen LogP) is -0.337. The normalized spacial score (nSPS) is 18.4. The molecule has 6 nitrogen and oxygen atoms in total. The van der Waals surface area contributed by atoms with E-state index in [-0.39, 0.29) is 0 Å². The maximum atomic E-state index is 10.0. The van der Waals surface area contributed by atoms with Crippen LogP contribution in [0.3, 0.4) is 0 Å². The van der Waals surface area contributed by atoms with Gasteiger partial charge in [-0.05, 0) is 6.92 Å². The molecule has 0 radical (unpaired) electrons. The van der Waals surface area contributed by atoms with Gasteiger partial charge in [0.1, 0.15) is 0 Å². The van der Waals surface area contributed by atoms with E-state index in [2.05, 4.69) is 4.52 Å². The Hall–Kier alpha value is 0.220. The summed E-state index contributed by atoms with van der Waals surface area (Å²) in [7, 11) is -4.63. The van der Waals surface area contributed by atoms with Crippen LogP contribution in [0.1, 0.15) is 6.92 Å². The molecule has 8 heteroatoms. The molecule has 0 spiro atoms. The summed E-state index contributed by atoms with van der Waals surface area (Å²) < 4.78 is 32.0. The van der Waals surface area contributed by atoms with Crippen LogP contribution in [-0.4, -0.2) is 24.0 Å². The molecule has 0 bridgehead atoms. The van der Waals surface area contributed by atoms with Gasteiger partial charge in [-0.15, -0.1) is 0 Å². The lowest BCUT2D eigenvalue weighted by atomic mass is 10.9. The van der Waals surface area contributed by atoms with Gasteiger partial charge in [0.25, 0.3) is 0 Å².